The van der Waals surface area contributed by atoms with Crippen LogP contribution in [-0.4, -0.2) is 23.0 Å². The molecule has 2 N–H and O–H groups in total. The number of carboxylic acid groups (broad SMARTS) is 1. The average molecular weight is 280 g/mol. The summed E-state index contributed by atoms with van der Waals surface area (Å²) in [5.74, 6) is -0.758. The molecule has 0 heterocycles. The van der Waals surface area contributed by atoms with Gasteiger partial charge in [-0.2, -0.15) is 0 Å². The van der Waals surface area contributed by atoms with Crippen LogP contribution in [0.4, 0.5) is 0 Å². The number of rotatable bonds is 1. The zero-order valence-electron chi connectivity index (χ0n) is 13.1. The van der Waals surface area contributed by atoms with E-state index in [9.17, 15) is 15.0 Å². The fourth-order valence-corrected chi connectivity index (χ4v) is 1.90. The zero-order valence-corrected chi connectivity index (χ0v) is 13.1. The van der Waals surface area contributed by atoms with E-state index in [0.29, 0.717) is 11.1 Å². The lowest BCUT2D eigenvalue weighted by atomic mass is 9.78. The van der Waals surface area contributed by atoms with Crippen LogP contribution in [0.25, 0.3) is 0 Å². The van der Waals surface area contributed by atoms with E-state index in [0.717, 1.165) is 0 Å². The summed E-state index contributed by atoms with van der Waals surface area (Å²) in [6.07, 6.45) is 0. The van der Waals surface area contributed by atoms with Gasteiger partial charge in [-0.25, -0.2) is 4.79 Å². The quantitative estimate of drug-likeness (QED) is 0.825. The minimum absolute atomic E-state index is 0.208. The van der Waals surface area contributed by atoms with E-state index in [1.165, 1.54) is 0 Å². The highest BCUT2D eigenvalue weighted by Gasteiger charge is 2.27. The van der Waals surface area contributed by atoms with Crippen LogP contribution in [0.1, 0.15) is 63.0 Å². The Morgan fingerprint density at radius 1 is 0.950 bits per heavy atom. The molecule has 0 aromatic heterocycles. The van der Waals surface area contributed by atoms with E-state index in [4.69, 9.17) is 4.79 Å². The minimum atomic E-state index is -0.967. The summed E-state index contributed by atoms with van der Waals surface area (Å²) >= 11 is 0. The summed E-state index contributed by atoms with van der Waals surface area (Å²) in [5, 5.41) is 19.5. The molecule has 0 radical (unpaired) electrons. The van der Waals surface area contributed by atoms with Gasteiger partial charge in [0, 0.05) is 11.1 Å². The largest absolute Gasteiger partial charge is 0.507 e. The topological polar surface area (TPSA) is 74.6 Å². The number of phenols is 1. The normalized spacial score (nSPS) is 11.5. The molecule has 0 atom stereocenters. The fraction of sp³-hybridized carbons (Fsp3) is 0.500. The van der Waals surface area contributed by atoms with E-state index in [1.54, 1.807) is 12.1 Å². The molecule has 4 heteroatoms. The highest BCUT2D eigenvalue weighted by atomic mass is 16.4. The fourth-order valence-electron chi connectivity index (χ4n) is 1.90. The van der Waals surface area contributed by atoms with E-state index < -0.39 is 5.97 Å². The maximum Gasteiger partial charge on any atom is 0.335 e. The van der Waals surface area contributed by atoms with Gasteiger partial charge in [0.15, 0.2) is 0 Å². The molecular formula is C16H24O4. The Labute approximate surface area is 120 Å². The Kier molecular flexibility index (Phi) is 5.52. The molecule has 0 unspecified atom stereocenters. The molecule has 0 bridgehead atoms. The number of carboxylic acids is 1. The first-order chi connectivity index (χ1) is 8.94. The van der Waals surface area contributed by atoms with Gasteiger partial charge in [0.2, 0.25) is 0 Å². The number of benzene rings is 1. The molecule has 0 fully saturated rings. The third kappa shape index (κ3) is 4.08. The van der Waals surface area contributed by atoms with Crippen molar-refractivity contribution >= 4 is 12.8 Å². The van der Waals surface area contributed by atoms with Crippen molar-refractivity contribution in [1.82, 2.24) is 0 Å². The predicted molar refractivity (Wildman–Crippen MR) is 79.6 cm³/mol. The minimum Gasteiger partial charge on any atom is -0.507 e. The van der Waals surface area contributed by atoms with Gasteiger partial charge in [-0.05, 0) is 23.0 Å². The maximum absolute atomic E-state index is 11.2. The summed E-state index contributed by atoms with van der Waals surface area (Å²) < 4.78 is 0. The molecule has 0 amide bonds. The molecule has 1 aromatic carbocycles. The monoisotopic (exact) mass is 280 g/mol. The molecule has 0 saturated heterocycles. The van der Waals surface area contributed by atoms with E-state index in [1.807, 2.05) is 48.3 Å². The number of hydrogen-bond donors (Lipinski definition) is 2. The van der Waals surface area contributed by atoms with E-state index in [-0.39, 0.29) is 22.1 Å². The number of carbonyl (C=O) groups excluding carboxylic acids is 1. The number of aromatic carboxylic acids is 1. The van der Waals surface area contributed by atoms with Gasteiger partial charge in [0.05, 0.1) is 5.56 Å². The van der Waals surface area contributed by atoms with Crippen molar-refractivity contribution in [3.05, 3.63) is 28.8 Å². The van der Waals surface area contributed by atoms with Crippen LogP contribution in [0.2, 0.25) is 0 Å². The van der Waals surface area contributed by atoms with Gasteiger partial charge in [-0.15, -0.1) is 0 Å². The Bertz CT molecular complexity index is 455. The Balaban J connectivity index is 0.00000172. The summed E-state index contributed by atoms with van der Waals surface area (Å²) in [6, 6.07) is 3.12. The maximum atomic E-state index is 11.2. The van der Waals surface area contributed by atoms with Crippen molar-refractivity contribution in [2.24, 2.45) is 0 Å². The third-order valence-corrected chi connectivity index (χ3v) is 2.97. The van der Waals surface area contributed by atoms with Crippen LogP contribution in [0.15, 0.2) is 12.1 Å². The van der Waals surface area contributed by atoms with Gasteiger partial charge < -0.3 is 15.0 Å². The van der Waals surface area contributed by atoms with Crippen LogP contribution in [0.5, 0.6) is 5.75 Å². The van der Waals surface area contributed by atoms with Crippen LogP contribution < -0.4 is 0 Å². The number of hydrogen-bond acceptors (Lipinski definition) is 3. The van der Waals surface area contributed by atoms with Crippen molar-refractivity contribution in [2.75, 3.05) is 0 Å². The number of aromatic hydroxyl groups is 1. The van der Waals surface area contributed by atoms with Crippen molar-refractivity contribution in [2.45, 2.75) is 52.4 Å². The first kappa shape index (κ1) is 18.2. The summed E-state index contributed by atoms with van der Waals surface area (Å²) in [6.45, 7) is 13.8. The molecule has 0 saturated carbocycles. The second-order valence-electron chi connectivity index (χ2n) is 6.73. The summed E-state index contributed by atoms with van der Waals surface area (Å²) in [7, 11) is 0. The first-order valence-corrected chi connectivity index (χ1v) is 6.34. The lowest BCUT2D eigenvalue weighted by molar-refractivity contribution is -0.0980. The van der Waals surface area contributed by atoms with Crippen LogP contribution in [0, 0.1) is 0 Å². The second-order valence-corrected chi connectivity index (χ2v) is 6.73. The van der Waals surface area contributed by atoms with Gasteiger partial charge >= 0.3 is 5.97 Å². The second kappa shape index (κ2) is 6.07. The SMILES string of the molecule is C=O.CC(C)(C)c1cc(C(=O)O)cc(C(C)(C)C)c1O. The smallest absolute Gasteiger partial charge is 0.335 e. The molecule has 112 valence electrons. The number of carbonyl (C=O) groups is 2. The molecule has 20 heavy (non-hydrogen) atoms. The van der Waals surface area contributed by atoms with Crippen LogP contribution >= 0.6 is 0 Å². The number of phenolic OH excluding ortho intramolecular Hbond substituents is 1. The van der Waals surface area contributed by atoms with E-state index >= 15 is 0 Å². The lowest BCUT2D eigenvalue weighted by Crippen LogP contribution is -2.18. The molecule has 0 aliphatic rings. The Morgan fingerprint density at radius 2 is 1.25 bits per heavy atom. The molecular weight excluding hydrogens is 256 g/mol. The zero-order chi connectivity index (χ0) is 16.3. The summed E-state index contributed by atoms with van der Waals surface area (Å²) in [4.78, 5) is 19.2. The molecule has 4 nitrogen and oxygen atoms in total. The molecule has 0 aliphatic heterocycles. The molecule has 0 aliphatic carbocycles. The van der Waals surface area contributed by atoms with Crippen molar-refractivity contribution < 1.29 is 19.8 Å². The van der Waals surface area contributed by atoms with Crippen molar-refractivity contribution in [1.29, 1.82) is 0 Å². The molecule has 1 aromatic rings. The van der Waals surface area contributed by atoms with Gasteiger partial charge in [0.25, 0.3) is 0 Å². The van der Waals surface area contributed by atoms with Gasteiger partial charge in [0.1, 0.15) is 12.5 Å². The highest BCUT2D eigenvalue weighted by molar-refractivity contribution is 5.88. The van der Waals surface area contributed by atoms with Crippen molar-refractivity contribution in [3.63, 3.8) is 0 Å². The molecule has 0 spiro atoms. The van der Waals surface area contributed by atoms with Crippen LogP contribution in [-0.2, 0) is 15.6 Å². The highest BCUT2D eigenvalue weighted by Crippen LogP contribution is 2.39. The van der Waals surface area contributed by atoms with Crippen molar-refractivity contribution in [3.8, 4) is 5.75 Å². The molecule has 1 rings (SSSR count). The Morgan fingerprint density at radius 3 is 1.45 bits per heavy atom. The van der Waals surface area contributed by atoms with E-state index in [2.05, 4.69) is 0 Å². The Hall–Kier alpha value is -1.84. The summed E-state index contributed by atoms with van der Waals surface area (Å²) in [5.41, 5.74) is 0.979. The van der Waals surface area contributed by atoms with Gasteiger partial charge in [-0.1, -0.05) is 41.5 Å². The standard InChI is InChI=1S/C15H22O3.CH2O/c1-14(2,3)10-7-9(13(17)18)8-11(12(10)16)15(4,5)6;1-2/h7-8,16H,1-6H3,(H,17,18);1H2. The lowest BCUT2D eigenvalue weighted by Gasteiger charge is -2.27. The first-order valence-electron chi connectivity index (χ1n) is 6.34. The third-order valence-electron chi connectivity index (χ3n) is 2.97. The van der Waals surface area contributed by atoms with Crippen LogP contribution in [0.3, 0.4) is 0 Å². The predicted octanol–water partition coefficient (Wildman–Crippen LogP) is 3.50. The average Bonchev–Trinajstić information content (AvgIpc) is 2.28. The van der Waals surface area contributed by atoms with Gasteiger partial charge in [-0.3, -0.25) is 0 Å².